The van der Waals surface area contributed by atoms with E-state index in [4.69, 9.17) is 0 Å². The summed E-state index contributed by atoms with van der Waals surface area (Å²) in [7, 11) is 0. The summed E-state index contributed by atoms with van der Waals surface area (Å²) in [5.41, 5.74) is 2.05. The number of urea groups is 1. The minimum absolute atomic E-state index is 0.0219. The second-order valence-electron chi connectivity index (χ2n) is 7.41. The highest BCUT2D eigenvalue weighted by Gasteiger charge is 2.26. The Hall–Kier alpha value is -1.75. The molecular formula is C20H31N3O2. The van der Waals surface area contributed by atoms with Gasteiger partial charge in [-0.1, -0.05) is 25.0 Å². The fourth-order valence-corrected chi connectivity index (χ4v) is 3.95. The third kappa shape index (κ3) is 4.66. The van der Waals surface area contributed by atoms with Crippen LogP contribution in [0.25, 0.3) is 0 Å². The summed E-state index contributed by atoms with van der Waals surface area (Å²) in [4.78, 5) is 17.0. The lowest BCUT2D eigenvalue weighted by Crippen LogP contribution is -2.43. The van der Waals surface area contributed by atoms with Crippen LogP contribution in [-0.2, 0) is 0 Å². The summed E-state index contributed by atoms with van der Waals surface area (Å²) in [6, 6.07) is 8.12. The molecule has 1 atom stereocenters. The van der Waals surface area contributed by atoms with Crippen LogP contribution >= 0.6 is 0 Å². The Morgan fingerprint density at radius 1 is 1.08 bits per heavy atom. The Labute approximate surface area is 151 Å². The summed E-state index contributed by atoms with van der Waals surface area (Å²) >= 11 is 0. The standard InChI is InChI=1S/C20H31N3O2/c1-16(24)17-10-14-23(15-11-17)20(25)21-18-8-4-5-9-19(18)22-12-6-2-3-7-13-22/h4-5,8-9,16-17,24H,2-3,6-7,10-15H2,1H3,(H,21,25). The summed E-state index contributed by atoms with van der Waals surface area (Å²) in [5, 5.41) is 12.8. The van der Waals surface area contributed by atoms with Crippen molar-refractivity contribution in [3.05, 3.63) is 24.3 Å². The number of likely N-dealkylation sites (tertiary alicyclic amines) is 1. The van der Waals surface area contributed by atoms with Gasteiger partial charge in [0.1, 0.15) is 0 Å². The van der Waals surface area contributed by atoms with Gasteiger partial charge in [0.25, 0.3) is 0 Å². The number of carbonyl (C=O) groups excluding carboxylic acids is 1. The van der Waals surface area contributed by atoms with E-state index in [-0.39, 0.29) is 12.1 Å². The molecule has 5 nitrogen and oxygen atoms in total. The van der Waals surface area contributed by atoms with Gasteiger partial charge in [-0.05, 0) is 50.7 Å². The second-order valence-corrected chi connectivity index (χ2v) is 7.41. The first-order valence-electron chi connectivity index (χ1n) is 9.73. The summed E-state index contributed by atoms with van der Waals surface area (Å²) < 4.78 is 0. The maximum atomic E-state index is 12.7. The van der Waals surface area contributed by atoms with Crippen LogP contribution in [-0.4, -0.2) is 48.3 Å². The van der Waals surface area contributed by atoms with E-state index in [2.05, 4.69) is 16.3 Å². The second kappa shape index (κ2) is 8.56. The molecule has 0 bridgehead atoms. The highest BCUT2D eigenvalue weighted by Crippen LogP contribution is 2.29. The van der Waals surface area contributed by atoms with Crippen molar-refractivity contribution in [2.75, 3.05) is 36.4 Å². The van der Waals surface area contributed by atoms with Gasteiger partial charge in [0.2, 0.25) is 0 Å². The number of nitrogens with zero attached hydrogens (tertiary/aromatic N) is 2. The zero-order valence-electron chi connectivity index (χ0n) is 15.3. The van der Waals surface area contributed by atoms with Gasteiger partial charge >= 0.3 is 6.03 Å². The Bertz CT molecular complexity index is 560. The number of para-hydroxylation sites is 2. The van der Waals surface area contributed by atoms with Gasteiger partial charge in [0, 0.05) is 26.2 Å². The monoisotopic (exact) mass is 345 g/mol. The molecule has 2 N–H and O–H groups in total. The van der Waals surface area contributed by atoms with Gasteiger partial charge in [0.05, 0.1) is 17.5 Å². The number of carbonyl (C=O) groups is 1. The number of anilines is 2. The molecule has 3 rings (SSSR count). The van der Waals surface area contributed by atoms with E-state index >= 15 is 0 Å². The number of hydrogen-bond acceptors (Lipinski definition) is 3. The third-order valence-corrected chi connectivity index (χ3v) is 5.60. The Morgan fingerprint density at radius 2 is 1.72 bits per heavy atom. The molecule has 2 aliphatic heterocycles. The smallest absolute Gasteiger partial charge is 0.321 e. The fourth-order valence-electron chi connectivity index (χ4n) is 3.95. The van der Waals surface area contributed by atoms with Crippen LogP contribution in [0.3, 0.4) is 0 Å². The SMILES string of the molecule is CC(O)C1CCN(C(=O)Nc2ccccc2N2CCCCCC2)CC1. The van der Waals surface area contributed by atoms with E-state index in [1.165, 1.54) is 25.7 Å². The minimum Gasteiger partial charge on any atom is -0.393 e. The molecule has 0 saturated carbocycles. The quantitative estimate of drug-likeness (QED) is 0.878. The van der Waals surface area contributed by atoms with E-state index in [1.807, 2.05) is 30.0 Å². The molecule has 138 valence electrons. The molecule has 0 aromatic heterocycles. The van der Waals surface area contributed by atoms with Crippen molar-refractivity contribution in [3.8, 4) is 0 Å². The minimum atomic E-state index is -0.283. The summed E-state index contributed by atoms with van der Waals surface area (Å²) in [6.45, 7) is 5.40. The normalized spacial score (nSPS) is 20.9. The van der Waals surface area contributed by atoms with E-state index in [9.17, 15) is 9.90 Å². The molecule has 0 spiro atoms. The van der Waals surface area contributed by atoms with Crippen molar-refractivity contribution in [3.63, 3.8) is 0 Å². The highest BCUT2D eigenvalue weighted by molar-refractivity contribution is 5.93. The molecule has 1 aromatic carbocycles. The Kier molecular flexibility index (Phi) is 6.19. The first-order valence-corrected chi connectivity index (χ1v) is 9.73. The average molecular weight is 345 g/mol. The number of piperidine rings is 1. The first-order chi connectivity index (χ1) is 12.1. The zero-order valence-corrected chi connectivity index (χ0v) is 15.3. The molecule has 2 amide bonds. The maximum Gasteiger partial charge on any atom is 0.321 e. The summed E-state index contributed by atoms with van der Waals surface area (Å²) in [6.07, 6.45) is 6.49. The number of hydrogen-bond donors (Lipinski definition) is 2. The molecular weight excluding hydrogens is 314 g/mol. The lowest BCUT2D eigenvalue weighted by Gasteiger charge is -2.33. The molecule has 2 saturated heterocycles. The highest BCUT2D eigenvalue weighted by atomic mass is 16.3. The number of aliphatic hydroxyl groups excluding tert-OH is 1. The van der Waals surface area contributed by atoms with E-state index in [0.29, 0.717) is 19.0 Å². The molecule has 2 aliphatic rings. The van der Waals surface area contributed by atoms with Gasteiger partial charge in [-0.25, -0.2) is 4.79 Å². The third-order valence-electron chi connectivity index (χ3n) is 5.60. The van der Waals surface area contributed by atoms with Crippen LogP contribution in [0.1, 0.15) is 45.4 Å². The summed E-state index contributed by atoms with van der Waals surface area (Å²) in [5.74, 6) is 0.313. The Morgan fingerprint density at radius 3 is 2.36 bits per heavy atom. The van der Waals surface area contributed by atoms with Crippen LogP contribution in [0.4, 0.5) is 16.2 Å². The van der Waals surface area contributed by atoms with Crippen molar-refractivity contribution in [2.24, 2.45) is 5.92 Å². The number of benzene rings is 1. The lowest BCUT2D eigenvalue weighted by atomic mass is 9.92. The van der Waals surface area contributed by atoms with Crippen molar-refractivity contribution in [1.29, 1.82) is 0 Å². The van der Waals surface area contributed by atoms with Crippen molar-refractivity contribution in [1.82, 2.24) is 4.90 Å². The largest absolute Gasteiger partial charge is 0.393 e. The van der Waals surface area contributed by atoms with Gasteiger partial charge in [0.15, 0.2) is 0 Å². The number of amides is 2. The fraction of sp³-hybridized carbons (Fsp3) is 0.650. The molecule has 2 heterocycles. The van der Waals surface area contributed by atoms with Gasteiger partial charge < -0.3 is 20.2 Å². The predicted octanol–water partition coefficient (Wildman–Crippen LogP) is 3.69. The number of aliphatic hydroxyl groups is 1. The first kappa shape index (κ1) is 18.1. The molecule has 25 heavy (non-hydrogen) atoms. The van der Waals surface area contributed by atoms with Crippen molar-refractivity contribution < 1.29 is 9.90 Å². The van der Waals surface area contributed by atoms with Crippen LogP contribution in [0.5, 0.6) is 0 Å². The molecule has 1 aromatic rings. The molecule has 2 fully saturated rings. The van der Waals surface area contributed by atoms with Gasteiger partial charge in [-0.15, -0.1) is 0 Å². The van der Waals surface area contributed by atoms with E-state index in [0.717, 1.165) is 37.3 Å². The maximum absolute atomic E-state index is 12.7. The van der Waals surface area contributed by atoms with Gasteiger partial charge in [-0.2, -0.15) is 0 Å². The zero-order chi connectivity index (χ0) is 17.6. The van der Waals surface area contributed by atoms with Crippen LogP contribution in [0.2, 0.25) is 0 Å². The molecule has 1 unspecified atom stereocenters. The number of rotatable bonds is 3. The topological polar surface area (TPSA) is 55.8 Å². The van der Waals surface area contributed by atoms with Crippen molar-refractivity contribution in [2.45, 2.75) is 51.6 Å². The van der Waals surface area contributed by atoms with Gasteiger partial charge in [-0.3, -0.25) is 0 Å². The predicted molar refractivity (Wildman–Crippen MR) is 102 cm³/mol. The molecule has 0 radical (unpaired) electrons. The number of nitrogens with one attached hydrogen (secondary N) is 1. The van der Waals surface area contributed by atoms with Crippen molar-refractivity contribution >= 4 is 17.4 Å². The van der Waals surface area contributed by atoms with Crippen LogP contribution in [0, 0.1) is 5.92 Å². The van der Waals surface area contributed by atoms with E-state index < -0.39 is 0 Å². The molecule has 5 heteroatoms. The van der Waals surface area contributed by atoms with Crippen LogP contribution in [0.15, 0.2) is 24.3 Å². The average Bonchev–Trinajstić information content (AvgIpc) is 2.91. The Balaban J connectivity index is 1.63. The lowest BCUT2D eigenvalue weighted by molar-refractivity contribution is 0.0820. The van der Waals surface area contributed by atoms with Crippen LogP contribution < -0.4 is 10.2 Å². The van der Waals surface area contributed by atoms with E-state index in [1.54, 1.807) is 0 Å². The molecule has 0 aliphatic carbocycles.